The highest BCUT2D eigenvalue weighted by atomic mass is 16.1. The normalized spacial score (nSPS) is 21.5. The van der Waals surface area contributed by atoms with Gasteiger partial charge < -0.3 is 10.6 Å². The van der Waals surface area contributed by atoms with Crippen LogP contribution < -0.4 is 10.6 Å². The van der Waals surface area contributed by atoms with Crippen LogP contribution in [0, 0.1) is 5.92 Å². The molecule has 1 saturated carbocycles. The molecule has 1 amide bonds. The summed E-state index contributed by atoms with van der Waals surface area (Å²) >= 11 is 0. The second-order valence-electron chi connectivity index (χ2n) is 6.40. The summed E-state index contributed by atoms with van der Waals surface area (Å²) in [6.07, 6.45) is 4.67. The molecule has 2 aromatic rings. The molecule has 3 nitrogen and oxygen atoms in total. The highest BCUT2D eigenvalue weighted by Gasteiger charge is 2.19. The molecule has 0 unspecified atom stereocenters. The predicted molar refractivity (Wildman–Crippen MR) is 92.0 cm³/mol. The van der Waals surface area contributed by atoms with Crippen LogP contribution in [0.2, 0.25) is 0 Å². The Hall–Kier alpha value is -2.03. The second-order valence-corrected chi connectivity index (χ2v) is 6.40. The molecule has 0 saturated heterocycles. The molecule has 0 aromatic heterocycles. The maximum Gasteiger partial charge on any atom is 0.239 e. The molecule has 2 N–H and O–H groups in total. The fourth-order valence-corrected chi connectivity index (χ4v) is 3.24. The van der Waals surface area contributed by atoms with Crippen LogP contribution in [0.5, 0.6) is 0 Å². The van der Waals surface area contributed by atoms with Gasteiger partial charge in [0.25, 0.3) is 0 Å². The van der Waals surface area contributed by atoms with Crippen LogP contribution in [-0.4, -0.2) is 18.5 Å². The van der Waals surface area contributed by atoms with Gasteiger partial charge in [-0.1, -0.05) is 43.3 Å². The Bertz CT molecular complexity index is 639. The molecule has 1 fully saturated rings. The van der Waals surface area contributed by atoms with Gasteiger partial charge in [0.15, 0.2) is 0 Å². The minimum Gasteiger partial charge on any atom is -0.376 e. The molecule has 0 atom stereocenters. The van der Waals surface area contributed by atoms with Crippen molar-refractivity contribution in [1.29, 1.82) is 0 Å². The number of carbonyl (C=O) groups is 1. The van der Waals surface area contributed by atoms with Crippen LogP contribution in [0.3, 0.4) is 0 Å². The fraction of sp³-hybridized carbons (Fsp3) is 0.421. The summed E-state index contributed by atoms with van der Waals surface area (Å²) in [6, 6.07) is 14.7. The van der Waals surface area contributed by atoms with E-state index in [9.17, 15) is 4.79 Å². The third kappa shape index (κ3) is 3.59. The third-order valence-corrected chi connectivity index (χ3v) is 4.61. The number of fused-ring (bicyclic) bond motifs is 1. The highest BCUT2D eigenvalue weighted by Crippen LogP contribution is 2.24. The Morgan fingerprint density at radius 2 is 1.77 bits per heavy atom. The van der Waals surface area contributed by atoms with Gasteiger partial charge in [-0.2, -0.15) is 0 Å². The minimum absolute atomic E-state index is 0.0903. The van der Waals surface area contributed by atoms with E-state index in [1.165, 1.54) is 18.2 Å². The van der Waals surface area contributed by atoms with E-state index >= 15 is 0 Å². The van der Waals surface area contributed by atoms with Gasteiger partial charge in [-0.25, -0.2) is 0 Å². The molecule has 2 aromatic carbocycles. The van der Waals surface area contributed by atoms with Crippen LogP contribution in [0.25, 0.3) is 10.8 Å². The van der Waals surface area contributed by atoms with Crippen molar-refractivity contribution in [2.75, 3.05) is 11.9 Å². The number of benzene rings is 2. The van der Waals surface area contributed by atoms with E-state index in [4.69, 9.17) is 0 Å². The number of amides is 1. The van der Waals surface area contributed by atoms with Gasteiger partial charge in [0.1, 0.15) is 0 Å². The third-order valence-electron chi connectivity index (χ3n) is 4.61. The first kappa shape index (κ1) is 14.9. The quantitative estimate of drug-likeness (QED) is 0.897. The van der Waals surface area contributed by atoms with Crippen molar-refractivity contribution in [2.24, 2.45) is 5.92 Å². The fourth-order valence-electron chi connectivity index (χ4n) is 3.24. The predicted octanol–water partition coefficient (Wildman–Crippen LogP) is 3.95. The van der Waals surface area contributed by atoms with E-state index in [0.29, 0.717) is 12.6 Å². The van der Waals surface area contributed by atoms with Gasteiger partial charge in [-0.05, 0) is 43.1 Å². The molecule has 1 aliphatic rings. The molecular formula is C19H24N2O. The SMILES string of the molecule is CC1CCC(NC(=O)CNc2cccc3ccccc23)CC1. The van der Waals surface area contributed by atoms with E-state index in [-0.39, 0.29) is 5.91 Å². The molecule has 3 rings (SSSR count). The molecule has 0 bridgehead atoms. The van der Waals surface area contributed by atoms with Gasteiger partial charge >= 0.3 is 0 Å². The molecule has 0 radical (unpaired) electrons. The van der Waals surface area contributed by atoms with E-state index in [0.717, 1.165) is 29.8 Å². The molecule has 0 aliphatic heterocycles. The van der Waals surface area contributed by atoms with E-state index in [1.54, 1.807) is 0 Å². The number of hydrogen-bond donors (Lipinski definition) is 2. The molecule has 3 heteroatoms. The summed E-state index contributed by atoms with van der Waals surface area (Å²) in [5.41, 5.74) is 1.02. The molecule has 116 valence electrons. The van der Waals surface area contributed by atoms with Gasteiger partial charge in [0.2, 0.25) is 5.91 Å². The number of carbonyl (C=O) groups excluding carboxylic acids is 1. The van der Waals surface area contributed by atoms with Crippen LogP contribution >= 0.6 is 0 Å². The summed E-state index contributed by atoms with van der Waals surface area (Å²) in [6.45, 7) is 2.63. The van der Waals surface area contributed by atoms with Gasteiger partial charge in [0.05, 0.1) is 6.54 Å². The van der Waals surface area contributed by atoms with Crippen molar-refractivity contribution in [3.63, 3.8) is 0 Å². The summed E-state index contributed by atoms with van der Waals surface area (Å²) in [7, 11) is 0. The van der Waals surface area contributed by atoms with Crippen molar-refractivity contribution >= 4 is 22.4 Å². The van der Waals surface area contributed by atoms with E-state index in [1.807, 2.05) is 24.3 Å². The Morgan fingerprint density at radius 1 is 1.05 bits per heavy atom. The average Bonchev–Trinajstić information content (AvgIpc) is 2.55. The molecule has 22 heavy (non-hydrogen) atoms. The number of rotatable bonds is 4. The summed E-state index contributed by atoms with van der Waals surface area (Å²) < 4.78 is 0. The summed E-state index contributed by atoms with van der Waals surface area (Å²) in [4.78, 5) is 12.1. The Labute approximate surface area is 132 Å². The summed E-state index contributed by atoms with van der Waals surface area (Å²) in [5.74, 6) is 0.898. The zero-order chi connectivity index (χ0) is 15.4. The average molecular weight is 296 g/mol. The van der Waals surface area contributed by atoms with Crippen LogP contribution in [0.4, 0.5) is 5.69 Å². The first-order chi connectivity index (χ1) is 10.7. The first-order valence-corrected chi connectivity index (χ1v) is 8.23. The highest BCUT2D eigenvalue weighted by molar-refractivity contribution is 5.95. The maximum atomic E-state index is 12.1. The van der Waals surface area contributed by atoms with Gasteiger partial charge in [-0.3, -0.25) is 4.79 Å². The van der Waals surface area contributed by atoms with E-state index < -0.39 is 0 Å². The zero-order valence-electron chi connectivity index (χ0n) is 13.1. The van der Waals surface area contributed by atoms with Gasteiger partial charge in [-0.15, -0.1) is 0 Å². The standard InChI is InChI=1S/C19H24N2O/c1-14-9-11-16(12-10-14)21-19(22)13-20-18-8-4-6-15-5-2-3-7-17(15)18/h2-8,14,16,20H,9-13H2,1H3,(H,21,22). The number of hydrogen-bond acceptors (Lipinski definition) is 2. The smallest absolute Gasteiger partial charge is 0.239 e. The monoisotopic (exact) mass is 296 g/mol. The second kappa shape index (κ2) is 6.82. The lowest BCUT2D eigenvalue weighted by Gasteiger charge is -2.27. The molecule has 0 heterocycles. The largest absolute Gasteiger partial charge is 0.376 e. The lowest BCUT2D eigenvalue weighted by Crippen LogP contribution is -2.40. The lowest BCUT2D eigenvalue weighted by atomic mass is 9.87. The molecule has 0 spiro atoms. The minimum atomic E-state index is 0.0903. The number of anilines is 1. The van der Waals surface area contributed by atoms with Crippen molar-refractivity contribution in [1.82, 2.24) is 5.32 Å². The van der Waals surface area contributed by atoms with Crippen LogP contribution in [0.1, 0.15) is 32.6 Å². The zero-order valence-corrected chi connectivity index (χ0v) is 13.1. The summed E-state index contributed by atoms with van der Waals surface area (Å²) in [5, 5.41) is 8.78. The maximum absolute atomic E-state index is 12.1. The van der Waals surface area contributed by atoms with E-state index in [2.05, 4.69) is 35.8 Å². The molecule has 1 aliphatic carbocycles. The number of nitrogens with one attached hydrogen (secondary N) is 2. The Balaban J connectivity index is 1.56. The van der Waals surface area contributed by atoms with Gasteiger partial charge in [0, 0.05) is 17.1 Å². The van der Waals surface area contributed by atoms with Crippen LogP contribution in [-0.2, 0) is 4.79 Å². The molecular weight excluding hydrogens is 272 g/mol. The first-order valence-electron chi connectivity index (χ1n) is 8.23. The van der Waals surface area contributed by atoms with Crippen molar-refractivity contribution in [2.45, 2.75) is 38.6 Å². The Morgan fingerprint density at radius 3 is 2.59 bits per heavy atom. The Kier molecular flexibility index (Phi) is 4.62. The lowest BCUT2D eigenvalue weighted by molar-refractivity contribution is -0.120. The van der Waals surface area contributed by atoms with Crippen molar-refractivity contribution < 1.29 is 4.79 Å². The van der Waals surface area contributed by atoms with Crippen LogP contribution in [0.15, 0.2) is 42.5 Å². The topological polar surface area (TPSA) is 41.1 Å². The van der Waals surface area contributed by atoms with Crippen molar-refractivity contribution in [3.8, 4) is 0 Å². The van der Waals surface area contributed by atoms with Crippen molar-refractivity contribution in [3.05, 3.63) is 42.5 Å².